The summed E-state index contributed by atoms with van der Waals surface area (Å²) in [5.41, 5.74) is 6.37. The van der Waals surface area contributed by atoms with E-state index in [1.807, 2.05) is 18.3 Å². The number of aromatic nitrogens is 1. The van der Waals surface area contributed by atoms with E-state index < -0.39 is 0 Å². The summed E-state index contributed by atoms with van der Waals surface area (Å²) in [6, 6.07) is 18.9. The van der Waals surface area contributed by atoms with Gasteiger partial charge >= 0.3 is 0 Å². The Morgan fingerprint density at radius 1 is 0.906 bits per heavy atom. The van der Waals surface area contributed by atoms with Crippen LogP contribution in [-0.4, -0.2) is 11.0 Å². The number of hydrogen-bond acceptors (Lipinski definition) is 2. The third kappa shape index (κ3) is 5.94. The number of H-pyrrole nitrogens is 1. The van der Waals surface area contributed by atoms with Gasteiger partial charge in [0.1, 0.15) is 0 Å². The molecule has 0 fully saturated rings. The molecule has 0 aliphatic rings. The van der Waals surface area contributed by atoms with Crippen LogP contribution in [0.1, 0.15) is 63.1 Å². The Hall–Kier alpha value is -3.20. The van der Waals surface area contributed by atoms with Gasteiger partial charge in [-0.25, -0.2) is 0 Å². The standard InChI is InChI=1S/C29H37N3/c1-6-7-8-12-18-27(23(5)32-29(21(2)3)24-15-10-9-11-16-24)31-22(4)26-20-30-28-19-14-13-17-25(26)28/h9-11,13-17,19-20,27,29-32H,2,4-8,12,18H2,1,3H3. The minimum Gasteiger partial charge on any atom is -0.377 e. The number of unbranched alkanes of at least 4 members (excludes halogenated alkanes) is 3. The molecule has 0 radical (unpaired) electrons. The Labute approximate surface area is 193 Å². The SMILES string of the molecule is C=C(NC(CCCCCC)C(=C)NC(C(=C)C)c1ccccc1)c1c[nH]c2ccccc12. The Kier molecular flexibility index (Phi) is 8.38. The molecule has 0 saturated heterocycles. The third-order valence-corrected chi connectivity index (χ3v) is 5.99. The number of benzene rings is 2. The molecule has 3 heteroatoms. The molecule has 0 amide bonds. The molecule has 0 saturated carbocycles. The number of para-hydroxylation sites is 1. The zero-order valence-electron chi connectivity index (χ0n) is 19.6. The molecule has 2 atom stereocenters. The van der Waals surface area contributed by atoms with Gasteiger partial charge in [-0.15, -0.1) is 0 Å². The van der Waals surface area contributed by atoms with Crippen molar-refractivity contribution in [2.45, 2.75) is 58.0 Å². The van der Waals surface area contributed by atoms with Crippen molar-refractivity contribution < 1.29 is 0 Å². The maximum absolute atomic E-state index is 4.43. The molecule has 32 heavy (non-hydrogen) atoms. The fourth-order valence-electron chi connectivity index (χ4n) is 4.14. The lowest BCUT2D eigenvalue weighted by molar-refractivity contribution is 0.514. The zero-order valence-corrected chi connectivity index (χ0v) is 19.6. The molecule has 0 bridgehead atoms. The third-order valence-electron chi connectivity index (χ3n) is 5.99. The summed E-state index contributed by atoms with van der Waals surface area (Å²) in [6.07, 6.45) is 7.90. The Balaban J connectivity index is 1.77. The second-order valence-electron chi connectivity index (χ2n) is 8.63. The maximum atomic E-state index is 4.43. The lowest BCUT2D eigenvalue weighted by Crippen LogP contribution is -2.36. The first-order valence-electron chi connectivity index (χ1n) is 11.7. The molecule has 0 spiro atoms. The van der Waals surface area contributed by atoms with Crippen LogP contribution in [0.3, 0.4) is 0 Å². The Bertz CT molecular complexity index is 1040. The Morgan fingerprint density at radius 3 is 2.34 bits per heavy atom. The fourth-order valence-corrected chi connectivity index (χ4v) is 4.14. The van der Waals surface area contributed by atoms with E-state index in [9.17, 15) is 0 Å². The largest absolute Gasteiger partial charge is 0.377 e. The van der Waals surface area contributed by atoms with Gasteiger partial charge in [0.15, 0.2) is 0 Å². The maximum Gasteiger partial charge on any atom is 0.0719 e. The van der Waals surface area contributed by atoms with Crippen LogP contribution in [-0.2, 0) is 0 Å². The van der Waals surface area contributed by atoms with Crippen LogP contribution in [0, 0.1) is 0 Å². The van der Waals surface area contributed by atoms with Crippen LogP contribution in [0.15, 0.2) is 91.8 Å². The molecule has 0 aliphatic carbocycles. The van der Waals surface area contributed by atoms with Gasteiger partial charge in [-0.1, -0.05) is 106 Å². The average molecular weight is 428 g/mol. The first-order chi connectivity index (χ1) is 15.5. The fraction of sp³-hybridized carbons (Fsp3) is 0.310. The molecule has 1 heterocycles. The molecule has 168 valence electrons. The van der Waals surface area contributed by atoms with E-state index >= 15 is 0 Å². The monoisotopic (exact) mass is 427 g/mol. The molecule has 2 unspecified atom stereocenters. The van der Waals surface area contributed by atoms with Crippen molar-refractivity contribution in [3.05, 3.63) is 103 Å². The highest BCUT2D eigenvalue weighted by atomic mass is 15.0. The molecule has 3 aromatic rings. The smallest absolute Gasteiger partial charge is 0.0719 e. The number of nitrogens with one attached hydrogen (secondary N) is 3. The van der Waals surface area contributed by atoms with E-state index in [1.165, 1.54) is 30.2 Å². The molecule has 3 rings (SSSR count). The van der Waals surface area contributed by atoms with Gasteiger partial charge < -0.3 is 15.6 Å². The van der Waals surface area contributed by atoms with E-state index in [1.54, 1.807) is 0 Å². The average Bonchev–Trinajstić information content (AvgIpc) is 3.24. The van der Waals surface area contributed by atoms with Gasteiger partial charge in [-0.3, -0.25) is 0 Å². The van der Waals surface area contributed by atoms with Gasteiger partial charge in [0.25, 0.3) is 0 Å². The van der Waals surface area contributed by atoms with Crippen molar-refractivity contribution in [3.63, 3.8) is 0 Å². The minimum atomic E-state index is 0.0324. The Morgan fingerprint density at radius 2 is 1.62 bits per heavy atom. The molecular weight excluding hydrogens is 390 g/mol. The number of fused-ring (bicyclic) bond motifs is 1. The highest BCUT2D eigenvalue weighted by Crippen LogP contribution is 2.26. The van der Waals surface area contributed by atoms with Gasteiger partial charge in [-0.05, 0) is 25.0 Å². The van der Waals surface area contributed by atoms with Crippen LogP contribution in [0.2, 0.25) is 0 Å². The van der Waals surface area contributed by atoms with Gasteiger partial charge in [0, 0.05) is 34.1 Å². The summed E-state index contributed by atoms with van der Waals surface area (Å²) in [5.74, 6) is 0. The van der Waals surface area contributed by atoms with Crippen molar-refractivity contribution in [3.8, 4) is 0 Å². The van der Waals surface area contributed by atoms with Crippen molar-refractivity contribution in [2.24, 2.45) is 0 Å². The van der Waals surface area contributed by atoms with Gasteiger partial charge in [0.2, 0.25) is 0 Å². The molecule has 1 aromatic heterocycles. The number of rotatable bonds is 13. The molecule has 3 N–H and O–H groups in total. The summed E-state index contributed by atoms with van der Waals surface area (Å²) < 4.78 is 0. The zero-order chi connectivity index (χ0) is 22.9. The highest BCUT2D eigenvalue weighted by Gasteiger charge is 2.19. The quantitative estimate of drug-likeness (QED) is 0.195. The lowest BCUT2D eigenvalue weighted by Gasteiger charge is -2.29. The van der Waals surface area contributed by atoms with Crippen molar-refractivity contribution in [1.29, 1.82) is 0 Å². The lowest BCUT2D eigenvalue weighted by atomic mass is 9.98. The second-order valence-corrected chi connectivity index (χ2v) is 8.63. The number of aromatic amines is 1. The van der Waals surface area contributed by atoms with E-state index in [0.29, 0.717) is 0 Å². The van der Waals surface area contributed by atoms with Gasteiger partial charge in [0.05, 0.1) is 12.1 Å². The van der Waals surface area contributed by atoms with Crippen LogP contribution >= 0.6 is 0 Å². The van der Waals surface area contributed by atoms with Crippen LogP contribution < -0.4 is 10.6 Å². The first-order valence-corrected chi connectivity index (χ1v) is 11.7. The topological polar surface area (TPSA) is 39.8 Å². The minimum absolute atomic E-state index is 0.0324. The summed E-state index contributed by atoms with van der Waals surface area (Å²) >= 11 is 0. The second kappa shape index (κ2) is 11.4. The molecular formula is C29H37N3. The molecule has 2 aromatic carbocycles. The molecule has 0 aliphatic heterocycles. The van der Waals surface area contributed by atoms with Crippen molar-refractivity contribution in [2.75, 3.05) is 0 Å². The first kappa shape index (κ1) is 23.5. The van der Waals surface area contributed by atoms with Crippen LogP contribution in [0.5, 0.6) is 0 Å². The van der Waals surface area contributed by atoms with Crippen molar-refractivity contribution in [1.82, 2.24) is 15.6 Å². The predicted octanol–water partition coefficient (Wildman–Crippen LogP) is 7.49. The number of hydrogen-bond donors (Lipinski definition) is 3. The van der Waals surface area contributed by atoms with Crippen LogP contribution in [0.4, 0.5) is 0 Å². The summed E-state index contributed by atoms with van der Waals surface area (Å²) in [6.45, 7) is 17.3. The molecule has 3 nitrogen and oxygen atoms in total. The van der Waals surface area contributed by atoms with E-state index in [0.717, 1.165) is 40.9 Å². The summed E-state index contributed by atoms with van der Waals surface area (Å²) in [4.78, 5) is 3.35. The van der Waals surface area contributed by atoms with E-state index in [-0.39, 0.29) is 12.1 Å². The summed E-state index contributed by atoms with van der Waals surface area (Å²) in [5, 5.41) is 8.51. The van der Waals surface area contributed by atoms with E-state index in [2.05, 4.69) is 91.7 Å². The normalized spacial score (nSPS) is 12.8. The van der Waals surface area contributed by atoms with Gasteiger partial charge in [-0.2, -0.15) is 0 Å². The highest BCUT2D eigenvalue weighted by molar-refractivity contribution is 5.91. The summed E-state index contributed by atoms with van der Waals surface area (Å²) in [7, 11) is 0. The van der Waals surface area contributed by atoms with Crippen LogP contribution in [0.25, 0.3) is 16.6 Å². The van der Waals surface area contributed by atoms with E-state index in [4.69, 9.17) is 0 Å². The predicted molar refractivity (Wildman–Crippen MR) is 139 cm³/mol. The van der Waals surface area contributed by atoms with Crippen molar-refractivity contribution >= 4 is 16.6 Å².